The molecule has 0 fully saturated rings. The summed E-state index contributed by atoms with van der Waals surface area (Å²) >= 11 is 1.44. The maximum atomic E-state index is 12.9. The maximum Gasteiger partial charge on any atom is 0.237 e. The highest BCUT2D eigenvalue weighted by Gasteiger charge is 2.23. The third-order valence-corrected chi connectivity index (χ3v) is 6.19. The largest absolute Gasteiger partial charge is 0.486 e. The van der Waals surface area contributed by atoms with E-state index in [-0.39, 0.29) is 5.91 Å². The van der Waals surface area contributed by atoms with E-state index in [2.05, 4.69) is 16.3 Å². The van der Waals surface area contributed by atoms with Gasteiger partial charge in [0.2, 0.25) is 5.91 Å². The number of hydrogen-bond donors (Lipinski definition) is 0. The van der Waals surface area contributed by atoms with Crippen LogP contribution in [-0.2, 0) is 24.4 Å². The van der Waals surface area contributed by atoms with Gasteiger partial charge in [-0.3, -0.25) is 4.79 Å². The summed E-state index contributed by atoms with van der Waals surface area (Å²) in [4.78, 5) is 14.8. The van der Waals surface area contributed by atoms with Gasteiger partial charge in [-0.25, -0.2) is 0 Å². The summed E-state index contributed by atoms with van der Waals surface area (Å²) in [7, 11) is 0. The molecule has 1 aliphatic heterocycles. The molecule has 1 amide bonds. The van der Waals surface area contributed by atoms with Gasteiger partial charge in [-0.2, -0.15) is 0 Å². The zero-order valence-corrected chi connectivity index (χ0v) is 18.2. The first-order valence-electron chi connectivity index (χ1n) is 10.3. The van der Waals surface area contributed by atoms with Crippen LogP contribution in [-0.4, -0.2) is 33.0 Å². The Kier molecular flexibility index (Phi) is 6.38. The molecule has 1 aromatic heterocycles. The Morgan fingerprint density at radius 3 is 2.73 bits per heavy atom. The molecular formula is C23H26N4O2S. The lowest BCUT2D eigenvalue weighted by atomic mass is 10.0. The first kappa shape index (κ1) is 20.5. The minimum atomic E-state index is 0.107. The Labute approximate surface area is 181 Å². The summed E-state index contributed by atoms with van der Waals surface area (Å²) < 4.78 is 7.87. The van der Waals surface area contributed by atoms with Crippen LogP contribution in [0.3, 0.4) is 0 Å². The van der Waals surface area contributed by atoms with Crippen molar-refractivity contribution < 1.29 is 9.53 Å². The van der Waals surface area contributed by atoms with E-state index < -0.39 is 0 Å². The molecule has 6 nitrogen and oxygen atoms in total. The number of benzene rings is 2. The SMILES string of the molecule is CCn1c(COc2ccc(C)cc2)nnc1SCC(=O)N1CCCc2ccccc21. The number of amides is 1. The van der Waals surface area contributed by atoms with Crippen LogP contribution in [0.4, 0.5) is 5.69 Å². The third kappa shape index (κ3) is 4.51. The fourth-order valence-corrected chi connectivity index (χ4v) is 4.53. The Hall–Kier alpha value is -2.80. The predicted molar refractivity (Wildman–Crippen MR) is 119 cm³/mol. The minimum Gasteiger partial charge on any atom is -0.486 e. The van der Waals surface area contributed by atoms with Crippen LogP contribution < -0.4 is 9.64 Å². The molecule has 0 radical (unpaired) electrons. The highest BCUT2D eigenvalue weighted by molar-refractivity contribution is 7.99. The van der Waals surface area contributed by atoms with Crippen LogP contribution in [0.25, 0.3) is 0 Å². The molecular weight excluding hydrogens is 396 g/mol. The number of hydrogen-bond acceptors (Lipinski definition) is 5. The molecule has 156 valence electrons. The summed E-state index contributed by atoms with van der Waals surface area (Å²) in [6.07, 6.45) is 2.03. The Balaban J connectivity index is 1.39. The molecule has 4 rings (SSSR count). The fraction of sp³-hybridized carbons (Fsp3) is 0.348. The molecule has 0 atom stereocenters. The highest BCUT2D eigenvalue weighted by Crippen LogP contribution is 2.28. The number of carbonyl (C=O) groups excluding carboxylic acids is 1. The number of aromatic nitrogens is 3. The minimum absolute atomic E-state index is 0.107. The number of aryl methyl sites for hydroxylation is 2. The summed E-state index contributed by atoms with van der Waals surface area (Å²) in [6, 6.07) is 16.1. The quantitative estimate of drug-likeness (QED) is 0.533. The van der Waals surface area contributed by atoms with Crippen molar-refractivity contribution in [3.8, 4) is 5.75 Å². The summed E-state index contributed by atoms with van der Waals surface area (Å²) in [5.41, 5.74) is 3.48. The smallest absolute Gasteiger partial charge is 0.237 e. The van der Waals surface area contributed by atoms with Crippen LogP contribution >= 0.6 is 11.8 Å². The molecule has 3 aromatic rings. The molecule has 30 heavy (non-hydrogen) atoms. The first-order valence-corrected chi connectivity index (χ1v) is 11.3. The molecule has 7 heteroatoms. The van der Waals surface area contributed by atoms with E-state index in [4.69, 9.17) is 4.74 Å². The molecule has 2 heterocycles. The van der Waals surface area contributed by atoms with Crippen LogP contribution in [0.2, 0.25) is 0 Å². The Bertz CT molecular complexity index is 1020. The van der Waals surface area contributed by atoms with Crippen molar-refractivity contribution in [3.63, 3.8) is 0 Å². The number of thioether (sulfide) groups is 1. The predicted octanol–water partition coefficient (Wildman–Crippen LogP) is 4.26. The molecule has 1 aliphatic rings. The van der Waals surface area contributed by atoms with Crippen molar-refractivity contribution >= 4 is 23.4 Å². The van der Waals surface area contributed by atoms with Crippen molar-refractivity contribution in [2.75, 3.05) is 17.2 Å². The lowest BCUT2D eigenvalue weighted by Gasteiger charge is -2.29. The number of rotatable bonds is 7. The molecule has 0 N–H and O–H groups in total. The van der Waals surface area contributed by atoms with Gasteiger partial charge in [0.25, 0.3) is 0 Å². The van der Waals surface area contributed by atoms with Gasteiger partial charge in [0.05, 0.1) is 5.75 Å². The van der Waals surface area contributed by atoms with E-state index >= 15 is 0 Å². The zero-order valence-electron chi connectivity index (χ0n) is 17.4. The lowest BCUT2D eigenvalue weighted by molar-refractivity contribution is -0.116. The first-order chi connectivity index (χ1) is 14.7. The van der Waals surface area contributed by atoms with Gasteiger partial charge in [0, 0.05) is 18.8 Å². The van der Waals surface area contributed by atoms with Gasteiger partial charge in [-0.05, 0) is 50.5 Å². The highest BCUT2D eigenvalue weighted by atomic mass is 32.2. The van der Waals surface area contributed by atoms with Gasteiger partial charge in [-0.1, -0.05) is 47.7 Å². The Morgan fingerprint density at radius 1 is 1.13 bits per heavy atom. The monoisotopic (exact) mass is 422 g/mol. The standard InChI is InChI=1S/C23H26N4O2S/c1-3-26-21(15-29-19-12-10-17(2)11-13-19)24-25-23(26)30-16-22(28)27-14-6-8-18-7-4-5-9-20(18)27/h4-5,7,9-13H,3,6,8,14-16H2,1-2H3. The summed E-state index contributed by atoms with van der Waals surface area (Å²) in [5, 5.41) is 9.34. The second-order valence-electron chi connectivity index (χ2n) is 7.31. The van der Waals surface area contributed by atoms with E-state index in [1.54, 1.807) is 0 Å². The van der Waals surface area contributed by atoms with Crippen LogP contribution in [0.15, 0.2) is 53.7 Å². The molecule has 0 saturated carbocycles. The molecule has 0 aliphatic carbocycles. The van der Waals surface area contributed by atoms with Gasteiger partial charge in [-0.15, -0.1) is 10.2 Å². The van der Waals surface area contributed by atoms with E-state index in [0.29, 0.717) is 12.4 Å². The van der Waals surface area contributed by atoms with Crippen molar-refractivity contribution in [1.82, 2.24) is 14.8 Å². The van der Waals surface area contributed by atoms with Crippen LogP contribution in [0.1, 0.15) is 30.3 Å². The van der Waals surface area contributed by atoms with Crippen molar-refractivity contribution in [2.45, 2.75) is 45.0 Å². The number of ether oxygens (including phenoxy) is 1. The van der Waals surface area contributed by atoms with Gasteiger partial charge in [0.1, 0.15) is 12.4 Å². The van der Waals surface area contributed by atoms with Crippen molar-refractivity contribution in [1.29, 1.82) is 0 Å². The number of para-hydroxylation sites is 1. The maximum absolute atomic E-state index is 12.9. The topological polar surface area (TPSA) is 60.2 Å². The molecule has 0 saturated heterocycles. The van der Waals surface area contributed by atoms with Crippen LogP contribution in [0.5, 0.6) is 5.75 Å². The molecule has 0 spiro atoms. The van der Waals surface area contributed by atoms with E-state index in [9.17, 15) is 4.79 Å². The van der Waals surface area contributed by atoms with Gasteiger partial charge < -0.3 is 14.2 Å². The van der Waals surface area contributed by atoms with E-state index in [0.717, 1.165) is 48.3 Å². The number of nitrogens with zero attached hydrogens (tertiary/aromatic N) is 4. The normalized spacial score (nSPS) is 13.2. The average molecular weight is 423 g/mol. The molecule has 0 unspecified atom stereocenters. The van der Waals surface area contributed by atoms with Crippen LogP contribution in [0, 0.1) is 6.92 Å². The van der Waals surface area contributed by atoms with E-state index in [1.165, 1.54) is 22.9 Å². The summed E-state index contributed by atoms with van der Waals surface area (Å²) in [5.74, 6) is 2.01. The lowest BCUT2D eigenvalue weighted by Crippen LogP contribution is -2.36. The zero-order chi connectivity index (χ0) is 20.9. The van der Waals surface area contributed by atoms with Crippen molar-refractivity contribution in [3.05, 3.63) is 65.5 Å². The third-order valence-electron chi connectivity index (χ3n) is 5.23. The van der Waals surface area contributed by atoms with Gasteiger partial charge >= 0.3 is 0 Å². The Morgan fingerprint density at radius 2 is 1.93 bits per heavy atom. The number of fused-ring (bicyclic) bond motifs is 1. The van der Waals surface area contributed by atoms with Gasteiger partial charge in [0.15, 0.2) is 11.0 Å². The molecule has 0 bridgehead atoms. The van der Waals surface area contributed by atoms with Crippen molar-refractivity contribution in [2.24, 2.45) is 0 Å². The summed E-state index contributed by atoms with van der Waals surface area (Å²) in [6.45, 7) is 5.93. The second kappa shape index (κ2) is 9.34. The number of carbonyl (C=O) groups is 1. The fourth-order valence-electron chi connectivity index (χ4n) is 3.63. The second-order valence-corrected chi connectivity index (χ2v) is 8.25. The van der Waals surface area contributed by atoms with E-state index in [1.807, 2.05) is 65.8 Å². The molecule has 2 aromatic carbocycles. The number of anilines is 1. The average Bonchev–Trinajstić information content (AvgIpc) is 3.18.